The van der Waals surface area contributed by atoms with Crippen LogP contribution < -0.4 is 0 Å². The number of nitrogens with zero attached hydrogens (tertiary/aromatic N) is 1. The summed E-state index contributed by atoms with van der Waals surface area (Å²) in [6.45, 7) is 3.67. The molecule has 1 saturated heterocycles. The Bertz CT molecular complexity index is 493. The standard InChI is InChI=1S/C17H23NO3/c1-18(12-16-6-3-9-21-13-16)11-15-5-2-4-14(10-15)7-8-17(19)20/h2,4-5,7-8,10,16H,3,6,9,11-13H2,1H3,(H,19,20). The lowest BCUT2D eigenvalue weighted by Gasteiger charge is -2.27. The van der Waals surface area contributed by atoms with Crippen LogP contribution in [0.3, 0.4) is 0 Å². The molecule has 1 atom stereocenters. The van der Waals surface area contributed by atoms with Crippen LogP contribution in [0.5, 0.6) is 0 Å². The van der Waals surface area contributed by atoms with Crippen LogP contribution in [-0.2, 0) is 16.1 Å². The number of carboxylic acid groups (broad SMARTS) is 1. The topological polar surface area (TPSA) is 49.8 Å². The van der Waals surface area contributed by atoms with E-state index in [1.165, 1.54) is 18.1 Å². The van der Waals surface area contributed by atoms with Crippen LogP contribution in [0.25, 0.3) is 6.08 Å². The molecule has 0 radical (unpaired) electrons. The molecule has 1 N–H and O–H groups in total. The molecule has 0 aliphatic carbocycles. The van der Waals surface area contributed by atoms with Gasteiger partial charge < -0.3 is 14.7 Å². The molecule has 1 aromatic carbocycles. The third-order valence-corrected chi connectivity index (χ3v) is 3.65. The van der Waals surface area contributed by atoms with E-state index in [4.69, 9.17) is 9.84 Å². The van der Waals surface area contributed by atoms with Crippen molar-refractivity contribution in [3.8, 4) is 0 Å². The van der Waals surface area contributed by atoms with Gasteiger partial charge >= 0.3 is 5.97 Å². The van der Waals surface area contributed by atoms with Crippen LogP contribution in [0.15, 0.2) is 30.3 Å². The summed E-state index contributed by atoms with van der Waals surface area (Å²) in [6, 6.07) is 7.99. The number of benzene rings is 1. The first-order valence-corrected chi connectivity index (χ1v) is 7.40. The van der Waals surface area contributed by atoms with Crippen molar-refractivity contribution in [1.29, 1.82) is 0 Å². The van der Waals surface area contributed by atoms with Gasteiger partial charge in [-0.3, -0.25) is 0 Å². The number of hydrogen-bond acceptors (Lipinski definition) is 3. The van der Waals surface area contributed by atoms with Crippen LogP contribution >= 0.6 is 0 Å². The molecule has 2 rings (SSSR count). The Morgan fingerprint density at radius 2 is 2.38 bits per heavy atom. The predicted molar refractivity (Wildman–Crippen MR) is 83.0 cm³/mol. The fourth-order valence-electron chi connectivity index (χ4n) is 2.73. The van der Waals surface area contributed by atoms with Crippen LogP contribution in [0.1, 0.15) is 24.0 Å². The maximum atomic E-state index is 10.5. The predicted octanol–water partition coefficient (Wildman–Crippen LogP) is 2.64. The first-order chi connectivity index (χ1) is 10.1. The Kier molecular flexibility index (Phi) is 5.96. The normalized spacial score (nSPS) is 19.2. The van der Waals surface area contributed by atoms with Crippen molar-refractivity contribution in [2.45, 2.75) is 19.4 Å². The van der Waals surface area contributed by atoms with Gasteiger partial charge in [0.1, 0.15) is 0 Å². The molecule has 114 valence electrons. The monoisotopic (exact) mass is 289 g/mol. The van der Waals surface area contributed by atoms with Gasteiger partial charge in [0, 0.05) is 25.8 Å². The smallest absolute Gasteiger partial charge is 0.328 e. The van der Waals surface area contributed by atoms with Crippen LogP contribution in [-0.4, -0.2) is 42.8 Å². The van der Waals surface area contributed by atoms with E-state index in [0.717, 1.165) is 38.3 Å². The molecule has 1 aliphatic rings. The quantitative estimate of drug-likeness (QED) is 0.818. The molecule has 0 saturated carbocycles. The highest BCUT2D eigenvalue weighted by Crippen LogP contribution is 2.16. The Hall–Kier alpha value is -1.65. The fourth-order valence-corrected chi connectivity index (χ4v) is 2.73. The Morgan fingerprint density at radius 1 is 1.52 bits per heavy atom. The number of aliphatic carboxylic acids is 1. The summed E-state index contributed by atoms with van der Waals surface area (Å²) in [6.07, 6.45) is 5.20. The molecule has 4 heteroatoms. The van der Waals surface area contributed by atoms with Gasteiger partial charge in [-0.05, 0) is 43.0 Å². The lowest BCUT2D eigenvalue weighted by Crippen LogP contribution is -2.30. The van der Waals surface area contributed by atoms with Gasteiger partial charge in [-0.15, -0.1) is 0 Å². The van der Waals surface area contributed by atoms with E-state index in [-0.39, 0.29) is 0 Å². The van der Waals surface area contributed by atoms with Crippen LogP contribution in [0.4, 0.5) is 0 Å². The van der Waals surface area contributed by atoms with E-state index >= 15 is 0 Å². The number of carbonyl (C=O) groups is 1. The van der Waals surface area contributed by atoms with Gasteiger partial charge in [0.15, 0.2) is 0 Å². The van der Waals surface area contributed by atoms with Gasteiger partial charge in [-0.25, -0.2) is 4.79 Å². The highest BCUT2D eigenvalue weighted by atomic mass is 16.5. The zero-order valence-corrected chi connectivity index (χ0v) is 12.5. The first kappa shape index (κ1) is 15.7. The molecule has 21 heavy (non-hydrogen) atoms. The lowest BCUT2D eigenvalue weighted by molar-refractivity contribution is -0.131. The summed E-state index contributed by atoms with van der Waals surface area (Å²) in [5.41, 5.74) is 2.12. The van der Waals surface area contributed by atoms with Crippen molar-refractivity contribution in [2.75, 3.05) is 26.8 Å². The van der Waals surface area contributed by atoms with Gasteiger partial charge in [-0.2, -0.15) is 0 Å². The van der Waals surface area contributed by atoms with Gasteiger partial charge in [-0.1, -0.05) is 24.3 Å². The van der Waals surface area contributed by atoms with E-state index in [0.29, 0.717) is 5.92 Å². The second kappa shape index (κ2) is 7.96. The number of hydrogen-bond donors (Lipinski definition) is 1. The summed E-state index contributed by atoms with van der Waals surface area (Å²) < 4.78 is 5.52. The zero-order chi connectivity index (χ0) is 15.1. The minimum Gasteiger partial charge on any atom is -0.478 e. The highest BCUT2D eigenvalue weighted by molar-refractivity contribution is 5.85. The Morgan fingerprint density at radius 3 is 3.10 bits per heavy atom. The van der Waals surface area contributed by atoms with E-state index in [9.17, 15) is 4.79 Å². The molecule has 0 aromatic heterocycles. The van der Waals surface area contributed by atoms with E-state index in [1.54, 1.807) is 6.08 Å². The average Bonchev–Trinajstić information content (AvgIpc) is 2.46. The number of ether oxygens (including phenoxy) is 1. The third-order valence-electron chi connectivity index (χ3n) is 3.65. The van der Waals surface area contributed by atoms with Crippen molar-refractivity contribution in [1.82, 2.24) is 4.90 Å². The molecule has 1 heterocycles. The summed E-state index contributed by atoms with van der Waals surface area (Å²) in [4.78, 5) is 12.9. The second-order valence-corrected chi connectivity index (χ2v) is 5.70. The third kappa shape index (κ3) is 5.69. The highest BCUT2D eigenvalue weighted by Gasteiger charge is 2.15. The summed E-state index contributed by atoms with van der Waals surface area (Å²) in [5, 5.41) is 8.66. The van der Waals surface area contributed by atoms with Crippen molar-refractivity contribution in [3.05, 3.63) is 41.5 Å². The molecular formula is C17H23NO3. The van der Waals surface area contributed by atoms with Gasteiger partial charge in [0.05, 0.1) is 6.61 Å². The summed E-state index contributed by atoms with van der Waals surface area (Å²) in [7, 11) is 2.12. The summed E-state index contributed by atoms with van der Waals surface area (Å²) >= 11 is 0. The molecule has 0 amide bonds. The average molecular weight is 289 g/mol. The molecule has 0 spiro atoms. The molecule has 4 nitrogen and oxygen atoms in total. The number of rotatable bonds is 6. The zero-order valence-electron chi connectivity index (χ0n) is 12.5. The minimum absolute atomic E-state index is 0.624. The first-order valence-electron chi connectivity index (χ1n) is 7.40. The van der Waals surface area contributed by atoms with Crippen LogP contribution in [0, 0.1) is 5.92 Å². The second-order valence-electron chi connectivity index (χ2n) is 5.70. The molecule has 1 unspecified atom stereocenters. The Labute approximate surface area is 126 Å². The Balaban J connectivity index is 1.89. The molecule has 1 aliphatic heterocycles. The maximum absolute atomic E-state index is 10.5. The lowest BCUT2D eigenvalue weighted by atomic mass is 10.0. The largest absolute Gasteiger partial charge is 0.478 e. The van der Waals surface area contributed by atoms with Crippen molar-refractivity contribution in [2.24, 2.45) is 5.92 Å². The van der Waals surface area contributed by atoms with E-state index in [1.807, 2.05) is 18.2 Å². The van der Waals surface area contributed by atoms with E-state index in [2.05, 4.69) is 18.0 Å². The minimum atomic E-state index is -0.921. The maximum Gasteiger partial charge on any atom is 0.328 e. The molecule has 0 bridgehead atoms. The van der Waals surface area contributed by atoms with Gasteiger partial charge in [0.2, 0.25) is 0 Å². The molecule has 1 fully saturated rings. The van der Waals surface area contributed by atoms with Crippen molar-refractivity contribution >= 4 is 12.0 Å². The molecule has 1 aromatic rings. The fraction of sp³-hybridized carbons (Fsp3) is 0.471. The van der Waals surface area contributed by atoms with Gasteiger partial charge in [0.25, 0.3) is 0 Å². The van der Waals surface area contributed by atoms with Crippen LogP contribution in [0.2, 0.25) is 0 Å². The van der Waals surface area contributed by atoms with E-state index < -0.39 is 5.97 Å². The summed E-state index contributed by atoms with van der Waals surface area (Å²) in [5.74, 6) is -0.298. The van der Waals surface area contributed by atoms with Crippen molar-refractivity contribution < 1.29 is 14.6 Å². The SMILES string of the molecule is CN(Cc1cccc(C=CC(=O)O)c1)CC1CCCOC1. The number of carboxylic acids is 1. The molecular weight excluding hydrogens is 266 g/mol. The van der Waals surface area contributed by atoms with Crippen molar-refractivity contribution in [3.63, 3.8) is 0 Å².